The van der Waals surface area contributed by atoms with Gasteiger partial charge in [-0.25, -0.2) is 13.9 Å². The maximum atomic E-state index is 13.7. The Bertz CT molecular complexity index is 1610. The van der Waals surface area contributed by atoms with Crippen molar-refractivity contribution in [2.75, 3.05) is 71.3 Å². The number of aryl methyl sites for hydroxylation is 2. The first-order chi connectivity index (χ1) is 29.3. The van der Waals surface area contributed by atoms with Crippen LogP contribution in [0.5, 0.6) is 0 Å². The van der Waals surface area contributed by atoms with Crippen LogP contribution in [0.2, 0.25) is 0 Å². The lowest BCUT2D eigenvalue weighted by Crippen LogP contribution is -3.00. The van der Waals surface area contributed by atoms with Crippen molar-refractivity contribution in [1.82, 2.24) is 5.48 Å². The third-order valence-electron chi connectivity index (χ3n) is 12.5. The van der Waals surface area contributed by atoms with Crippen molar-refractivity contribution in [1.29, 1.82) is 0 Å². The van der Waals surface area contributed by atoms with Crippen molar-refractivity contribution in [3.63, 3.8) is 0 Å². The second-order valence-electron chi connectivity index (χ2n) is 18.6. The minimum absolute atomic E-state index is 0. The van der Waals surface area contributed by atoms with E-state index in [-0.39, 0.29) is 40.1 Å². The van der Waals surface area contributed by atoms with Crippen LogP contribution >= 0.6 is 0 Å². The fraction of sp³-hybridized carbons (Fsp3) is 0.660. The van der Waals surface area contributed by atoms with Gasteiger partial charge in [0.05, 0.1) is 64.4 Å². The second-order valence-corrected chi connectivity index (χ2v) is 20.5. The van der Waals surface area contributed by atoms with E-state index in [2.05, 4.69) is 85.5 Å². The monoisotopic (exact) mass is 1020 g/mol. The molecule has 10 heteroatoms. The summed E-state index contributed by atoms with van der Waals surface area (Å²) in [4.78, 5) is 6.34. The van der Waals surface area contributed by atoms with E-state index in [0.29, 0.717) is 11.4 Å². The fourth-order valence-electron chi connectivity index (χ4n) is 7.81. The Labute approximate surface area is 409 Å². The number of nitrogens with one attached hydrogen (secondary N) is 1. The smallest absolute Gasteiger partial charge is 0.264 e. The van der Waals surface area contributed by atoms with Crippen molar-refractivity contribution in [2.24, 2.45) is 0 Å². The third kappa shape index (κ3) is 26.2. The highest BCUT2D eigenvalue weighted by Gasteiger charge is 2.27. The van der Waals surface area contributed by atoms with Gasteiger partial charge in [-0.3, -0.25) is 9.14 Å². The predicted octanol–water partition coefficient (Wildman–Crippen LogP) is 7.38. The summed E-state index contributed by atoms with van der Waals surface area (Å²) in [6.07, 6.45) is 22.6. The summed E-state index contributed by atoms with van der Waals surface area (Å²) in [5.74, 6) is 0. The summed E-state index contributed by atoms with van der Waals surface area (Å²) in [5, 5.41) is 0. The second kappa shape index (κ2) is 35.4. The molecule has 0 aromatic heterocycles. The molecule has 0 saturated carbocycles. The van der Waals surface area contributed by atoms with Crippen molar-refractivity contribution in [3.8, 4) is 0 Å². The number of rotatable bonds is 33. The molecule has 0 saturated heterocycles. The number of nitrogens with zero attached hydrogens (tertiary/aromatic N) is 3. The van der Waals surface area contributed by atoms with Gasteiger partial charge in [0.1, 0.15) is 6.10 Å². The molecule has 0 radical (unpaired) electrons. The molecule has 0 spiro atoms. The minimum Gasteiger partial charge on any atom is -1.00 e. The van der Waals surface area contributed by atoms with Gasteiger partial charge in [-0.05, 0) is 102 Å². The number of hydrogen-bond donors (Lipinski definition) is 1. The Morgan fingerprint density at radius 2 is 1.05 bits per heavy atom. The summed E-state index contributed by atoms with van der Waals surface area (Å²) in [6.45, 7) is 20.4. The molecule has 0 aliphatic rings. The summed E-state index contributed by atoms with van der Waals surface area (Å²) in [7, 11) is 3.39. The van der Waals surface area contributed by atoms with Gasteiger partial charge in [-0.1, -0.05) is 144 Å². The molecular formula is C53H92Br2N4O3S. The van der Waals surface area contributed by atoms with Gasteiger partial charge in [-0.15, -0.1) is 0 Å². The molecule has 3 aromatic rings. The van der Waals surface area contributed by atoms with Gasteiger partial charge in [0.25, 0.3) is 10.0 Å². The molecule has 1 atom stereocenters. The number of sulfonamides is 1. The first-order valence-corrected chi connectivity index (χ1v) is 26.0. The SMILES string of the molecule is CCCCCCCC[N+](C)(CCCCCCCC)CCCN(c1ccccc1)S(=O)(=O)c1ccc(C)cc1.CCCCNOC(CCCC[N+](C)(C)CC)c1ccc(C)cc1.[Br-].[Br-]. The van der Waals surface area contributed by atoms with Crippen molar-refractivity contribution in [2.45, 2.75) is 168 Å². The van der Waals surface area contributed by atoms with Gasteiger partial charge >= 0.3 is 0 Å². The summed E-state index contributed by atoms with van der Waals surface area (Å²) in [5.41, 5.74) is 7.55. The first kappa shape index (κ1) is 61.2. The summed E-state index contributed by atoms with van der Waals surface area (Å²) < 4.78 is 31.2. The molecule has 0 aliphatic carbocycles. The minimum atomic E-state index is -3.62. The average molecular weight is 1030 g/mol. The lowest BCUT2D eigenvalue weighted by molar-refractivity contribution is -0.910. The van der Waals surface area contributed by atoms with E-state index in [9.17, 15) is 8.42 Å². The van der Waals surface area contributed by atoms with E-state index in [1.165, 1.54) is 134 Å². The molecule has 0 fully saturated rings. The Kier molecular flexibility index (Phi) is 34.4. The van der Waals surface area contributed by atoms with Gasteiger partial charge < -0.3 is 42.9 Å². The zero-order valence-electron chi connectivity index (χ0n) is 41.5. The zero-order chi connectivity index (χ0) is 44.8. The van der Waals surface area contributed by atoms with Crippen LogP contribution in [-0.2, 0) is 14.9 Å². The average Bonchev–Trinajstić information content (AvgIpc) is 3.25. The number of quaternary nitrogens is 2. The Balaban J connectivity index is 0.00000132. The normalized spacial score (nSPS) is 12.1. The number of hydrogen-bond acceptors (Lipinski definition) is 4. The van der Waals surface area contributed by atoms with E-state index in [1.54, 1.807) is 16.4 Å². The van der Waals surface area contributed by atoms with E-state index in [1.807, 2.05) is 49.4 Å². The zero-order valence-corrected chi connectivity index (χ0v) is 45.5. The first-order valence-electron chi connectivity index (χ1n) is 24.6. The standard InChI is InChI=1S/C33H55N2O2S.C20H37N2O.2BrH/c1-5-7-9-11-13-18-28-35(4,29-19-14-12-10-8-6-2)30-20-27-34(32-21-16-15-17-22-32)38(36,37)33-25-23-31(3)24-26-33;1-6-8-16-21-23-20(19-14-12-18(3)13-15-19)11-9-10-17-22(4,5)7-2;;/h15-17,21-26H,5-14,18-20,27-30H2,1-4H3;12-15,20-21H,6-11,16-17H2,1-5H3;2*1H/q2*+1;;/p-2. The van der Waals surface area contributed by atoms with Crippen LogP contribution in [0.4, 0.5) is 5.69 Å². The number of anilines is 1. The van der Waals surface area contributed by atoms with Crippen LogP contribution in [-0.4, -0.2) is 84.3 Å². The molecule has 0 amide bonds. The fourth-order valence-corrected chi connectivity index (χ4v) is 9.31. The number of halogens is 2. The highest BCUT2D eigenvalue weighted by molar-refractivity contribution is 7.92. The van der Waals surface area contributed by atoms with Crippen LogP contribution in [0, 0.1) is 13.8 Å². The maximum absolute atomic E-state index is 13.7. The largest absolute Gasteiger partial charge is 1.00 e. The lowest BCUT2D eigenvalue weighted by Gasteiger charge is -2.36. The van der Waals surface area contributed by atoms with Gasteiger partial charge in [-0.2, -0.15) is 0 Å². The van der Waals surface area contributed by atoms with Crippen molar-refractivity contribution < 1.29 is 56.2 Å². The highest BCUT2D eigenvalue weighted by atomic mass is 79.9. The maximum Gasteiger partial charge on any atom is 0.264 e. The van der Waals surface area contributed by atoms with Crippen molar-refractivity contribution >= 4 is 15.7 Å². The Morgan fingerprint density at radius 3 is 1.57 bits per heavy atom. The van der Waals surface area contributed by atoms with Gasteiger partial charge in [0.2, 0.25) is 0 Å². The quantitative estimate of drug-likeness (QED) is 0.0394. The number of benzene rings is 3. The number of unbranched alkanes of at least 4 members (excludes halogenated alkanes) is 12. The highest BCUT2D eigenvalue weighted by Crippen LogP contribution is 2.26. The lowest BCUT2D eigenvalue weighted by atomic mass is 10.0. The number of hydroxylamine groups is 1. The predicted molar refractivity (Wildman–Crippen MR) is 264 cm³/mol. The molecule has 0 heterocycles. The summed E-state index contributed by atoms with van der Waals surface area (Å²) >= 11 is 0. The molecule has 63 heavy (non-hydrogen) atoms. The van der Waals surface area contributed by atoms with E-state index < -0.39 is 10.0 Å². The third-order valence-corrected chi connectivity index (χ3v) is 14.3. The molecular weight excluding hydrogens is 932 g/mol. The molecule has 7 nitrogen and oxygen atoms in total. The van der Waals surface area contributed by atoms with E-state index in [4.69, 9.17) is 4.84 Å². The molecule has 1 N–H and O–H groups in total. The van der Waals surface area contributed by atoms with Gasteiger partial charge in [0.15, 0.2) is 0 Å². The summed E-state index contributed by atoms with van der Waals surface area (Å²) in [6, 6.07) is 25.6. The molecule has 0 bridgehead atoms. The van der Waals surface area contributed by atoms with Crippen LogP contribution in [0.3, 0.4) is 0 Å². The molecule has 1 unspecified atom stereocenters. The molecule has 0 aliphatic heterocycles. The van der Waals surface area contributed by atoms with E-state index >= 15 is 0 Å². The van der Waals surface area contributed by atoms with Crippen LogP contribution in [0.15, 0.2) is 83.8 Å². The van der Waals surface area contributed by atoms with Gasteiger partial charge in [0, 0.05) is 19.5 Å². The molecule has 3 aromatic carbocycles. The van der Waals surface area contributed by atoms with Crippen LogP contribution in [0.1, 0.15) is 166 Å². The van der Waals surface area contributed by atoms with Crippen LogP contribution < -0.4 is 43.7 Å². The number of para-hydroxylation sites is 1. The Morgan fingerprint density at radius 1 is 0.571 bits per heavy atom. The Hall–Kier alpha value is -1.79. The van der Waals surface area contributed by atoms with Crippen molar-refractivity contribution in [3.05, 3.63) is 95.6 Å². The molecule has 362 valence electrons. The van der Waals surface area contributed by atoms with Crippen LogP contribution in [0.25, 0.3) is 0 Å². The van der Waals surface area contributed by atoms with E-state index in [0.717, 1.165) is 52.6 Å². The molecule has 3 rings (SSSR count). The topological polar surface area (TPSA) is 58.6 Å².